The molecule has 7 heteroatoms. The largest absolute Gasteiger partial charge is 0.469 e. The molecule has 1 saturated carbocycles. The predicted molar refractivity (Wildman–Crippen MR) is 120 cm³/mol. The van der Waals surface area contributed by atoms with Crippen LogP contribution in [-0.4, -0.2) is 48.9 Å². The van der Waals surface area contributed by atoms with E-state index < -0.39 is 30.1 Å². The summed E-state index contributed by atoms with van der Waals surface area (Å²) in [5, 5.41) is 10.1. The fraction of sp³-hybridized carbons (Fsp3) is 0.346. The second-order valence-corrected chi connectivity index (χ2v) is 7.85. The Kier molecular flexibility index (Phi) is 8.78. The molecule has 2 aromatic carbocycles. The van der Waals surface area contributed by atoms with Crippen molar-refractivity contribution in [1.82, 2.24) is 0 Å². The van der Waals surface area contributed by atoms with E-state index in [0.29, 0.717) is 17.5 Å². The number of allylic oxidation sites excluding steroid dienone is 1. The van der Waals surface area contributed by atoms with Crippen molar-refractivity contribution < 1.29 is 33.7 Å². The fourth-order valence-corrected chi connectivity index (χ4v) is 4.06. The highest BCUT2D eigenvalue weighted by atomic mass is 16.6. The van der Waals surface area contributed by atoms with Crippen molar-refractivity contribution in [3.8, 4) is 0 Å². The van der Waals surface area contributed by atoms with Gasteiger partial charge in [-0.3, -0.25) is 4.79 Å². The first kappa shape index (κ1) is 24.2. The number of esters is 3. The third-order valence-corrected chi connectivity index (χ3v) is 5.80. The Morgan fingerprint density at radius 2 is 1.36 bits per heavy atom. The van der Waals surface area contributed by atoms with Crippen LogP contribution in [0.25, 0.3) is 0 Å². The van der Waals surface area contributed by atoms with E-state index >= 15 is 0 Å². The van der Waals surface area contributed by atoms with E-state index in [1.165, 1.54) is 7.11 Å². The Hall–Kier alpha value is -3.45. The number of hydrogen-bond acceptors (Lipinski definition) is 7. The lowest BCUT2D eigenvalue weighted by Gasteiger charge is -2.24. The van der Waals surface area contributed by atoms with Gasteiger partial charge in [0.15, 0.2) is 0 Å². The zero-order chi connectivity index (χ0) is 23.6. The normalized spacial score (nSPS) is 22.1. The summed E-state index contributed by atoms with van der Waals surface area (Å²) in [7, 11) is 1.32. The van der Waals surface area contributed by atoms with Crippen LogP contribution in [0, 0.1) is 11.8 Å². The second-order valence-electron chi connectivity index (χ2n) is 7.85. The molecule has 1 N–H and O–H groups in total. The van der Waals surface area contributed by atoms with Crippen molar-refractivity contribution in [2.45, 2.75) is 31.5 Å². The third-order valence-electron chi connectivity index (χ3n) is 5.80. The number of rotatable bonds is 9. The molecule has 0 radical (unpaired) electrons. The molecule has 2 aromatic rings. The lowest BCUT2D eigenvalue weighted by Crippen LogP contribution is -2.29. The maximum Gasteiger partial charge on any atom is 0.338 e. The number of hydrogen-bond donors (Lipinski definition) is 1. The van der Waals surface area contributed by atoms with Crippen molar-refractivity contribution in [1.29, 1.82) is 0 Å². The lowest BCUT2D eigenvalue weighted by molar-refractivity contribution is -0.139. The van der Waals surface area contributed by atoms with Crippen LogP contribution < -0.4 is 0 Å². The summed E-state index contributed by atoms with van der Waals surface area (Å²) in [6, 6.07) is 17.2. The zero-order valence-corrected chi connectivity index (χ0v) is 18.5. The van der Waals surface area contributed by atoms with Crippen molar-refractivity contribution in [2.75, 3.05) is 13.7 Å². The second kappa shape index (κ2) is 12.0. The lowest BCUT2D eigenvalue weighted by atomic mass is 9.91. The maximum atomic E-state index is 12.7. The number of aliphatic hydroxyl groups excluding tert-OH is 1. The average molecular weight is 453 g/mol. The average Bonchev–Trinajstić information content (AvgIpc) is 3.17. The molecule has 0 heterocycles. The molecular formula is C26H28O7. The predicted octanol–water partition coefficient (Wildman–Crippen LogP) is 3.58. The first-order chi connectivity index (χ1) is 16.0. The van der Waals surface area contributed by atoms with Gasteiger partial charge in [0.2, 0.25) is 0 Å². The minimum atomic E-state index is -0.615. The molecule has 174 valence electrons. The minimum absolute atomic E-state index is 0.119. The van der Waals surface area contributed by atoms with Gasteiger partial charge in [0.05, 0.1) is 24.7 Å². The first-order valence-corrected chi connectivity index (χ1v) is 10.9. The Bertz CT molecular complexity index is 955. The van der Waals surface area contributed by atoms with Gasteiger partial charge in [-0.05, 0) is 30.7 Å². The maximum absolute atomic E-state index is 12.7. The Balaban J connectivity index is 1.75. The molecule has 1 aliphatic rings. The van der Waals surface area contributed by atoms with Crippen LogP contribution in [0.15, 0.2) is 72.8 Å². The van der Waals surface area contributed by atoms with Gasteiger partial charge in [0, 0.05) is 24.9 Å². The third kappa shape index (κ3) is 6.52. The SMILES string of the molecule is COC(=O)C/C=C\C[C@@H]1[C@H](CO)[C@@H](OC(=O)c2ccccc2)C[C@H]1OC(=O)c1ccccc1. The molecule has 1 fully saturated rings. The van der Waals surface area contributed by atoms with Crippen LogP contribution in [0.5, 0.6) is 0 Å². The zero-order valence-electron chi connectivity index (χ0n) is 18.5. The van der Waals surface area contributed by atoms with Crippen molar-refractivity contribution in [2.24, 2.45) is 11.8 Å². The van der Waals surface area contributed by atoms with Gasteiger partial charge < -0.3 is 19.3 Å². The number of methoxy groups -OCH3 is 1. The monoisotopic (exact) mass is 452 g/mol. The summed E-state index contributed by atoms with van der Waals surface area (Å²) in [6.07, 6.45) is 3.14. The van der Waals surface area contributed by atoms with E-state index in [9.17, 15) is 19.5 Å². The molecule has 0 unspecified atom stereocenters. The Morgan fingerprint density at radius 1 is 0.848 bits per heavy atom. The van der Waals surface area contributed by atoms with Crippen LogP contribution in [-0.2, 0) is 19.0 Å². The van der Waals surface area contributed by atoms with E-state index in [2.05, 4.69) is 4.74 Å². The standard InChI is InChI=1S/C26H28O7/c1-31-24(28)15-9-8-14-20-21(17-27)23(33-26(30)19-12-6-3-7-13-19)16-22(20)32-25(29)18-10-4-2-5-11-18/h2-13,20-23,27H,14-17H2,1H3/b9-8-/t20-,21+,22-,23+/m1/s1. The van der Waals surface area contributed by atoms with Gasteiger partial charge in [-0.25, -0.2) is 9.59 Å². The highest BCUT2D eigenvalue weighted by Gasteiger charge is 2.46. The van der Waals surface area contributed by atoms with Crippen molar-refractivity contribution in [3.63, 3.8) is 0 Å². The fourth-order valence-electron chi connectivity index (χ4n) is 4.06. The molecule has 0 saturated heterocycles. The molecular weight excluding hydrogens is 424 g/mol. The van der Waals surface area contributed by atoms with Crippen LogP contribution in [0.3, 0.4) is 0 Å². The quantitative estimate of drug-likeness (QED) is 0.353. The molecule has 0 bridgehead atoms. The molecule has 0 aromatic heterocycles. The Morgan fingerprint density at radius 3 is 1.85 bits per heavy atom. The van der Waals surface area contributed by atoms with Gasteiger partial charge in [-0.15, -0.1) is 0 Å². The van der Waals surface area contributed by atoms with Crippen LogP contribution in [0.4, 0.5) is 0 Å². The van der Waals surface area contributed by atoms with Crippen LogP contribution in [0.2, 0.25) is 0 Å². The number of carbonyl (C=O) groups excluding carboxylic acids is 3. The summed E-state index contributed by atoms with van der Waals surface area (Å²) in [5.41, 5.74) is 0.830. The van der Waals surface area contributed by atoms with Gasteiger partial charge >= 0.3 is 17.9 Å². The molecule has 0 spiro atoms. The summed E-state index contributed by atoms with van der Waals surface area (Å²) in [6.45, 7) is -0.234. The van der Waals surface area contributed by atoms with E-state index in [4.69, 9.17) is 9.47 Å². The van der Waals surface area contributed by atoms with Crippen molar-refractivity contribution in [3.05, 3.63) is 83.9 Å². The molecule has 0 amide bonds. The van der Waals surface area contributed by atoms with E-state index in [0.717, 1.165) is 0 Å². The molecule has 3 rings (SSSR count). The molecule has 4 atom stereocenters. The van der Waals surface area contributed by atoms with Crippen LogP contribution >= 0.6 is 0 Å². The topological polar surface area (TPSA) is 99.1 Å². The summed E-state index contributed by atoms with van der Waals surface area (Å²) in [5.74, 6) is -2.04. The highest BCUT2D eigenvalue weighted by Crippen LogP contribution is 2.39. The number of benzene rings is 2. The van der Waals surface area contributed by atoms with Gasteiger partial charge in [-0.2, -0.15) is 0 Å². The number of aliphatic hydroxyl groups is 1. The van der Waals surface area contributed by atoms with E-state index in [1.807, 2.05) is 6.07 Å². The molecule has 7 nitrogen and oxygen atoms in total. The van der Waals surface area contributed by atoms with Gasteiger partial charge in [0.1, 0.15) is 12.2 Å². The molecule has 1 aliphatic carbocycles. The minimum Gasteiger partial charge on any atom is -0.469 e. The van der Waals surface area contributed by atoms with Gasteiger partial charge in [0.25, 0.3) is 0 Å². The first-order valence-electron chi connectivity index (χ1n) is 10.9. The smallest absolute Gasteiger partial charge is 0.338 e. The van der Waals surface area contributed by atoms with Crippen LogP contribution in [0.1, 0.15) is 40.0 Å². The summed E-state index contributed by atoms with van der Waals surface area (Å²) >= 11 is 0. The summed E-state index contributed by atoms with van der Waals surface area (Å²) < 4.78 is 16.1. The summed E-state index contributed by atoms with van der Waals surface area (Å²) in [4.78, 5) is 36.7. The van der Waals surface area contributed by atoms with Gasteiger partial charge in [-0.1, -0.05) is 48.6 Å². The highest BCUT2D eigenvalue weighted by molar-refractivity contribution is 5.90. The van der Waals surface area contributed by atoms with E-state index in [1.54, 1.807) is 66.7 Å². The number of carbonyl (C=O) groups is 3. The van der Waals surface area contributed by atoms with Crippen molar-refractivity contribution >= 4 is 17.9 Å². The Labute approximate surface area is 193 Å². The molecule has 0 aliphatic heterocycles. The molecule has 33 heavy (non-hydrogen) atoms. The van der Waals surface area contributed by atoms with E-state index in [-0.39, 0.29) is 31.3 Å². The number of ether oxygens (including phenoxy) is 3.